The minimum absolute atomic E-state index is 0.0333. The van der Waals surface area contributed by atoms with Gasteiger partial charge in [-0.1, -0.05) is 0 Å². The van der Waals surface area contributed by atoms with Gasteiger partial charge in [0.2, 0.25) is 5.75 Å². The van der Waals surface area contributed by atoms with E-state index in [2.05, 4.69) is 6.07 Å². The number of fused-ring (bicyclic) bond motifs is 1. The van der Waals surface area contributed by atoms with Gasteiger partial charge < -0.3 is 14.2 Å². The van der Waals surface area contributed by atoms with Crippen LogP contribution in [0.25, 0.3) is 21.7 Å². The standard InChI is InChI=1S/C20H16N2O5S/c1-25-17-9-12(10-18(26-2)20(17)27-3)14(11-21)8-16-7-13-6-15(22(23)24)4-5-19(13)28-16/h4-10H,1-3H3/b14-8-. The van der Waals surface area contributed by atoms with Gasteiger partial charge in [-0.15, -0.1) is 11.3 Å². The molecule has 3 aromatic rings. The van der Waals surface area contributed by atoms with Crippen LogP contribution in [0.3, 0.4) is 0 Å². The van der Waals surface area contributed by atoms with Crippen LogP contribution in [0.4, 0.5) is 5.69 Å². The minimum atomic E-state index is -0.427. The molecule has 0 N–H and O–H groups in total. The Bertz CT molecular complexity index is 1100. The molecule has 0 saturated heterocycles. The fourth-order valence-corrected chi connectivity index (χ4v) is 3.78. The number of nitro benzene ring substituents is 1. The zero-order chi connectivity index (χ0) is 20.3. The topological polar surface area (TPSA) is 94.6 Å². The van der Waals surface area contributed by atoms with Gasteiger partial charge in [-0.3, -0.25) is 10.1 Å². The van der Waals surface area contributed by atoms with E-state index in [1.807, 2.05) is 6.07 Å². The molecule has 142 valence electrons. The maximum Gasteiger partial charge on any atom is 0.270 e. The summed E-state index contributed by atoms with van der Waals surface area (Å²) in [7, 11) is 4.53. The van der Waals surface area contributed by atoms with Crippen molar-refractivity contribution < 1.29 is 19.1 Å². The van der Waals surface area contributed by atoms with Crippen LogP contribution in [0.15, 0.2) is 36.4 Å². The van der Waals surface area contributed by atoms with Crippen molar-refractivity contribution in [1.82, 2.24) is 0 Å². The molecule has 7 nitrogen and oxygen atoms in total. The molecule has 2 aromatic carbocycles. The van der Waals surface area contributed by atoms with Crippen molar-refractivity contribution in [2.24, 2.45) is 0 Å². The molecule has 0 amide bonds. The van der Waals surface area contributed by atoms with Crippen LogP contribution >= 0.6 is 11.3 Å². The lowest BCUT2D eigenvalue weighted by molar-refractivity contribution is -0.384. The molecule has 0 aliphatic heterocycles. The Labute approximate surface area is 165 Å². The zero-order valence-electron chi connectivity index (χ0n) is 15.4. The number of allylic oxidation sites excluding steroid dienone is 1. The van der Waals surface area contributed by atoms with Crippen molar-refractivity contribution in [3.63, 3.8) is 0 Å². The summed E-state index contributed by atoms with van der Waals surface area (Å²) in [6, 6.07) is 12.1. The summed E-state index contributed by atoms with van der Waals surface area (Å²) in [4.78, 5) is 11.3. The van der Waals surface area contributed by atoms with E-state index in [0.29, 0.717) is 28.4 Å². The van der Waals surface area contributed by atoms with E-state index in [4.69, 9.17) is 14.2 Å². The summed E-state index contributed by atoms with van der Waals surface area (Å²) < 4.78 is 16.9. The SMILES string of the molecule is COc1cc(/C(C#N)=C\c2cc3cc([N+](=O)[O-])ccc3s2)cc(OC)c1OC. The van der Waals surface area contributed by atoms with Gasteiger partial charge in [-0.05, 0) is 41.3 Å². The molecule has 0 unspecified atom stereocenters. The number of hydrogen-bond donors (Lipinski definition) is 0. The molecule has 3 rings (SSSR count). The molecule has 28 heavy (non-hydrogen) atoms. The molecule has 0 atom stereocenters. The lowest BCUT2D eigenvalue weighted by Gasteiger charge is -2.13. The Morgan fingerprint density at radius 2 is 1.79 bits per heavy atom. The Balaban J connectivity index is 2.08. The van der Waals surface area contributed by atoms with Crippen LogP contribution in [0.1, 0.15) is 10.4 Å². The van der Waals surface area contributed by atoms with Crippen molar-refractivity contribution in [2.45, 2.75) is 0 Å². The summed E-state index contributed by atoms with van der Waals surface area (Å²) >= 11 is 1.45. The molecule has 0 bridgehead atoms. The van der Waals surface area contributed by atoms with Crippen molar-refractivity contribution in [3.05, 3.63) is 57.0 Å². The molecule has 0 aliphatic rings. The van der Waals surface area contributed by atoms with Crippen LogP contribution in [0.2, 0.25) is 0 Å². The highest BCUT2D eigenvalue weighted by Crippen LogP contribution is 2.40. The summed E-state index contributed by atoms with van der Waals surface area (Å²) in [5.74, 6) is 1.34. The monoisotopic (exact) mass is 396 g/mol. The number of rotatable bonds is 6. The van der Waals surface area contributed by atoms with Gasteiger partial charge in [-0.25, -0.2) is 0 Å². The maximum absolute atomic E-state index is 11.0. The first kappa shape index (κ1) is 19.2. The van der Waals surface area contributed by atoms with Crippen molar-refractivity contribution in [1.29, 1.82) is 5.26 Å². The quantitative estimate of drug-likeness (QED) is 0.334. The van der Waals surface area contributed by atoms with E-state index in [1.165, 1.54) is 44.8 Å². The van der Waals surface area contributed by atoms with Crippen molar-refractivity contribution in [2.75, 3.05) is 21.3 Å². The Morgan fingerprint density at radius 3 is 2.32 bits per heavy atom. The first-order valence-corrected chi connectivity index (χ1v) is 8.92. The first-order chi connectivity index (χ1) is 13.5. The van der Waals surface area contributed by atoms with Crippen LogP contribution in [0, 0.1) is 21.4 Å². The second-order valence-electron chi connectivity index (χ2n) is 5.71. The molecule has 8 heteroatoms. The molecular formula is C20H16N2O5S. The number of thiophene rings is 1. The number of nitrogens with zero attached hydrogens (tertiary/aromatic N) is 2. The third kappa shape index (κ3) is 3.61. The fourth-order valence-electron chi connectivity index (χ4n) is 2.79. The summed E-state index contributed by atoms with van der Waals surface area (Å²) in [6.45, 7) is 0. The summed E-state index contributed by atoms with van der Waals surface area (Å²) in [5, 5.41) is 21.4. The summed E-state index contributed by atoms with van der Waals surface area (Å²) in [5.41, 5.74) is 1.05. The lowest BCUT2D eigenvalue weighted by atomic mass is 10.0. The lowest BCUT2D eigenvalue weighted by Crippen LogP contribution is -1.96. The third-order valence-electron chi connectivity index (χ3n) is 4.11. The predicted octanol–water partition coefficient (Wildman–Crippen LogP) is 4.90. The molecule has 0 saturated carbocycles. The highest BCUT2D eigenvalue weighted by molar-refractivity contribution is 7.19. The van der Waals surface area contributed by atoms with Crippen LogP contribution in [-0.4, -0.2) is 26.3 Å². The predicted molar refractivity (Wildman–Crippen MR) is 108 cm³/mol. The van der Waals surface area contributed by atoms with Crippen LogP contribution in [0.5, 0.6) is 17.2 Å². The van der Waals surface area contributed by atoms with Gasteiger partial charge in [0.25, 0.3) is 5.69 Å². The second-order valence-corrected chi connectivity index (χ2v) is 6.83. The largest absolute Gasteiger partial charge is 0.493 e. The van der Waals surface area contributed by atoms with E-state index >= 15 is 0 Å². The maximum atomic E-state index is 11.0. The van der Waals surface area contributed by atoms with Gasteiger partial charge in [0.15, 0.2) is 11.5 Å². The molecule has 0 radical (unpaired) electrons. The number of nitro groups is 1. The highest BCUT2D eigenvalue weighted by Gasteiger charge is 2.16. The molecular weight excluding hydrogens is 380 g/mol. The smallest absolute Gasteiger partial charge is 0.270 e. The summed E-state index contributed by atoms with van der Waals surface area (Å²) in [6.07, 6.45) is 1.73. The van der Waals surface area contributed by atoms with E-state index in [0.717, 1.165) is 15.0 Å². The van der Waals surface area contributed by atoms with Crippen molar-refractivity contribution in [3.8, 4) is 23.3 Å². The van der Waals surface area contributed by atoms with E-state index < -0.39 is 4.92 Å². The average Bonchev–Trinajstić information content (AvgIpc) is 3.12. The number of non-ortho nitro benzene ring substituents is 1. The normalized spacial score (nSPS) is 11.1. The van der Waals surface area contributed by atoms with Gasteiger partial charge in [0, 0.05) is 21.7 Å². The molecule has 0 aliphatic carbocycles. The van der Waals surface area contributed by atoms with Gasteiger partial charge in [-0.2, -0.15) is 5.26 Å². The zero-order valence-corrected chi connectivity index (χ0v) is 16.2. The Morgan fingerprint density at radius 1 is 1.11 bits per heavy atom. The molecule has 0 fully saturated rings. The second kappa shape index (κ2) is 7.98. The first-order valence-electron chi connectivity index (χ1n) is 8.11. The average molecular weight is 396 g/mol. The minimum Gasteiger partial charge on any atom is -0.493 e. The molecule has 1 heterocycles. The number of methoxy groups -OCH3 is 3. The molecule has 0 spiro atoms. The van der Waals surface area contributed by atoms with E-state index in [-0.39, 0.29) is 5.69 Å². The van der Waals surface area contributed by atoms with Gasteiger partial charge in [0.1, 0.15) is 0 Å². The fraction of sp³-hybridized carbons (Fsp3) is 0.150. The third-order valence-corrected chi connectivity index (χ3v) is 5.18. The number of nitriles is 1. The van der Waals surface area contributed by atoms with Crippen LogP contribution in [-0.2, 0) is 0 Å². The van der Waals surface area contributed by atoms with Gasteiger partial charge in [0.05, 0.1) is 37.9 Å². The van der Waals surface area contributed by atoms with Crippen molar-refractivity contribution >= 4 is 38.8 Å². The van der Waals surface area contributed by atoms with E-state index in [1.54, 1.807) is 24.3 Å². The Kier molecular flexibility index (Phi) is 5.47. The number of ether oxygens (including phenoxy) is 3. The molecule has 1 aromatic heterocycles. The Hall–Kier alpha value is -3.57. The van der Waals surface area contributed by atoms with Crippen LogP contribution < -0.4 is 14.2 Å². The number of hydrogen-bond acceptors (Lipinski definition) is 7. The van der Waals surface area contributed by atoms with E-state index in [9.17, 15) is 15.4 Å². The number of benzene rings is 2. The highest BCUT2D eigenvalue weighted by atomic mass is 32.1. The van der Waals surface area contributed by atoms with Gasteiger partial charge >= 0.3 is 0 Å².